The van der Waals surface area contributed by atoms with Gasteiger partial charge >= 0.3 is 0 Å². The molecule has 2 aromatic heterocycles. The van der Waals surface area contributed by atoms with E-state index in [4.69, 9.17) is 4.52 Å². The van der Waals surface area contributed by atoms with Crippen molar-refractivity contribution in [2.45, 2.75) is 40.0 Å². The van der Waals surface area contributed by atoms with Gasteiger partial charge in [0, 0.05) is 42.9 Å². The molecule has 1 fully saturated rings. The molecule has 162 valence electrons. The lowest BCUT2D eigenvalue weighted by atomic mass is 9.81. The Hall–Kier alpha value is -3.00. The molecule has 0 saturated carbocycles. The molecule has 31 heavy (non-hydrogen) atoms. The first-order valence-corrected chi connectivity index (χ1v) is 11.3. The van der Waals surface area contributed by atoms with Gasteiger partial charge in [-0.15, -0.1) is 11.3 Å². The molecule has 1 N–H and O–H groups in total. The lowest BCUT2D eigenvalue weighted by Gasteiger charge is -2.26. The van der Waals surface area contributed by atoms with Crippen molar-refractivity contribution < 1.29 is 14.1 Å². The van der Waals surface area contributed by atoms with E-state index >= 15 is 0 Å². The molecular formula is C23H26N4O3S. The van der Waals surface area contributed by atoms with Crippen LogP contribution < -0.4 is 5.32 Å². The number of amides is 2. The number of anilines is 1. The van der Waals surface area contributed by atoms with Crippen LogP contribution in [0.2, 0.25) is 0 Å². The van der Waals surface area contributed by atoms with Gasteiger partial charge in [-0.1, -0.05) is 42.4 Å². The van der Waals surface area contributed by atoms with Crippen molar-refractivity contribution in [2.75, 3.05) is 18.4 Å². The summed E-state index contributed by atoms with van der Waals surface area (Å²) in [4.78, 5) is 32.8. The smallest absolute Gasteiger partial charge is 0.234 e. The number of aromatic nitrogens is 2. The quantitative estimate of drug-likeness (QED) is 0.626. The first kappa shape index (κ1) is 21.2. The highest BCUT2D eigenvalue weighted by atomic mass is 32.1. The summed E-state index contributed by atoms with van der Waals surface area (Å²) < 4.78 is 5.60. The summed E-state index contributed by atoms with van der Waals surface area (Å²) in [6.07, 6.45) is 1.75. The highest BCUT2D eigenvalue weighted by molar-refractivity contribution is 7.15. The minimum atomic E-state index is -0.787. The van der Waals surface area contributed by atoms with Gasteiger partial charge in [-0.2, -0.15) is 0 Å². The molecule has 1 saturated heterocycles. The number of carbonyl (C=O) groups is 2. The summed E-state index contributed by atoms with van der Waals surface area (Å²) in [5.74, 6) is 0.463. The number of nitrogens with zero attached hydrogens (tertiary/aromatic N) is 3. The van der Waals surface area contributed by atoms with Crippen molar-refractivity contribution in [3.63, 3.8) is 0 Å². The second-order valence-electron chi connectivity index (χ2n) is 8.02. The SMILES string of the molecule is CCc1nc(NC(=O)[C@@]2(Cc3cc(-c4ccccc4)no3)CCN(C(C)=O)C2)sc1C. The van der Waals surface area contributed by atoms with Gasteiger partial charge in [-0.3, -0.25) is 9.59 Å². The van der Waals surface area contributed by atoms with E-state index < -0.39 is 5.41 Å². The Morgan fingerprint density at radius 1 is 1.29 bits per heavy atom. The molecule has 3 heterocycles. The fourth-order valence-corrected chi connectivity index (χ4v) is 4.96. The summed E-state index contributed by atoms with van der Waals surface area (Å²) in [7, 11) is 0. The third-order valence-corrected chi connectivity index (χ3v) is 6.80. The Morgan fingerprint density at radius 3 is 2.71 bits per heavy atom. The zero-order valence-electron chi connectivity index (χ0n) is 18.0. The average Bonchev–Trinajstić information content (AvgIpc) is 3.48. The molecule has 0 aliphatic carbocycles. The van der Waals surface area contributed by atoms with Gasteiger partial charge < -0.3 is 14.7 Å². The largest absolute Gasteiger partial charge is 0.361 e. The van der Waals surface area contributed by atoms with Crippen LogP contribution >= 0.6 is 11.3 Å². The van der Waals surface area contributed by atoms with Crippen LogP contribution in [0.15, 0.2) is 40.9 Å². The van der Waals surface area contributed by atoms with Gasteiger partial charge in [0.05, 0.1) is 11.1 Å². The number of likely N-dealkylation sites (tertiary alicyclic amines) is 1. The topological polar surface area (TPSA) is 88.3 Å². The van der Waals surface area contributed by atoms with Gasteiger partial charge in [0.2, 0.25) is 11.8 Å². The molecule has 1 aliphatic rings. The van der Waals surface area contributed by atoms with E-state index in [2.05, 4.69) is 15.5 Å². The van der Waals surface area contributed by atoms with Crippen molar-refractivity contribution in [2.24, 2.45) is 5.41 Å². The molecule has 1 atom stereocenters. The van der Waals surface area contributed by atoms with E-state index in [1.54, 1.807) is 4.90 Å². The number of carbonyl (C=O) groups excluding carboxylic acids is 2. The molecule has 2 amide bonds. The van der Waals surface area contributed by atoms with E-state index in [1.807, 2.05) is 50.2 Å². The van der Waals surface area contributed by atoms with Crippen molar-refractivity contribution >= 4 is 28.3 Å². The summed E-state index contributed by atoms with van der Waals surface area (Å²) in [5, 5.41) is 7.79. The van der Waals surface area contributed by atoms with Crippen LogP contribution in [0, 0.1) is 12.3 Å². The third-order valence-electron chi connectivity index (χ3n) is 5.87. The molecule has 7 nitrogen and oxygen atoms in total. The maximum absolute atomic E-state index is 13.5. The Balaban J connectivity index is 1.59. The van der Waals surface area contributed by atoms with Gasteiger partial charge in [0.25, 0.3) is 0 Å². The Morgan fingerprint density at radius 2 is 2.06 bits per heavy atom. The van der Waals surface area contributed by atoms with Crippen LogP contribution in [-0.2, 0) is 22.4 Å². The zero-order chi connectivity index (χ0) is 22.0. The highest BCUT2D eigenvalue weighted by Gasteiger charge is 2.46. The fraction of sp³-hybridized carbons (Fsp3) is 0.391. The number of nitrogens with one attached hydrogen (secondary N) is 1. The maximum atomic E-state index is 13.5. The van der Waals surface area contributed by atoms with E-state index in [-0.39, 0.29) is 11.8 Å². The zero-order valence-corrected chi connectivity index (χ0v) is 18.8. The van der Waals surface area contributed by atoms with Crippen molar-refractivity contribution in [3.8, 4) is 11.3 Å². The molecule has 0 bridgehead atoms. The first-order chi connectivity index (χ1) is 14.9. The minimum absolute atomic E-state index is 0.0319. The average molecular weight is 439 g/mol. The highest BCUT2D eigenvalue weighted by Crippen LogP contribution is 2.37. The summed E-state index contributed by atoms with van der Waals surface area (Å²) in [6, 6.07) is 11.6. The number of rotatable bonds is 6. The van der Waals surface area contributed by atoms with Crippen LogP contribution in [0.3, 0.4) is 0 Å². The Bertz CT molecular complexity index is 1090. The van der Waals surface area contributed by atoms with E-state index in [0.29, 0.717) is 36.8 Å². The van der Waals surface area contributed by atoms with E-state index in [1.165, 1.54) is 18.3 Å². The molecule has 3 aromatic rings. The van der Waals surface area contributed by atoms with Crippen LogP contribution in [0.1, 0.15) is 36.6 Å². The molecule has 0 spiro atoms. The van der Waals surface area contributed by atoms with Gasteiger partial charge in [-0.25, -0.2) is 4.98 Å². The monoisotopic (exact) mass is 438 g/mol. The summed E-state index contributed by atoms with van der Waals surface area (Å²) in [6.45, 7) is 6.48. The van der Waals surface area contributed by atoms with E-state index in [9.17, 15) is 9.59 Å². The van der Waals surface area contributed by atoms with Crippen molar-refractivity contribution in [1.82, 2.24) is 15.0 Å². The Labute approximate surface area is 185 Å². The number of benzene rings is 1. The maximum Gasteiger partial charge on any atom is 0.234 e. The lowest BCUT2D eigenvalue weighted by Crippen LogP contribution is -2.41. The second kappa shape index (κ2) is 8.63. The van der Waals surface area contributed by atoms with Gasteiger partial charge in [0.1, 0.15) is 11.5 Å². The molecular weight excluding hydrogens is 412 g/mol. The number of hydrogen-bond donors (Lipinski definition) is 1. The summed E-state index contributed by atoms with van der Waals surface area (Å²) in [5.41, 5.74) is 1.90. The van der Waals surface area contributed by atoms with Gasteiger partial charge in [0.15, 0.2) is 5.13 Å². The van der Waals surface area contributed by atoms with Gasteiger partial charge in [-0.05, 0) is 19.8 Å². The summed E-state index contributed by atoms with van der Waals surface area (Å²) >= 11 is 1.48. The number of aryl methyl sites for hydroxylation is 2. The third kappa shape index (κ3) is 4.39. The van der Waals surface area contributed by atoms with Crippen molar-refractivity contribution in [3.05, 3.63) is 52.7 Å². The Kier molecular flexibility index (Phi) is 5.91. The van der Waals surface area contributed by atoms with E-state index in [0.717, 1.165) is 28.2 Å². The number of hydrogen-bond acceptors (Lipinski definition) is 6. The molecule has 0 radical (unpaired) electrons. The molecule has 1 aliphatic heterocycles. The van der Waals surface area contributed by atoms with Crippen LogP contribution in [0.25, 0.3) is 11.3 Å². The van der Waals surface area contributed by atoms with Crippen LogP contribution in [0.4, 0.5) is 5.13 Å². The predicted molar refractivity (Wildman–Crippen MR) is 120 cm³/mol. The predicted octanol–water partition coefficient (Wildman–Crippen LogP) is 4.09. The molecule has 8 heteroatoms. The molecule has 1 aromatic carbocycles. The second-order valence-corrected chi connectivity index (χ2v) is 9.22. The fourth-order valence-electron chi connectivity index (χ4n) is 4.07. The first-order valence-electron chi connectivity index (χ1n) is 10.4. The van der Waals surface area contributed by atoms with Crippen LogP contribution in [0.5, 0.6) is 0 Å². The van der Waals surface area contributed by atoms with Crippen LogP contribution in [-0.4, -0.2) is 39.9 Å². The van der Waals surface area contributed by atoms with Crippen molar-refractivity contribution in [1.29, 1.82) is 0 Å². The normalized spacial score (nSPS) is 18.4. The standard InChI is InChI=1S/C23H26N4O3S/c1-4-19-15(2)31-22(24-19)25-21(29)23(10-11-27(14-23)16(3)28)13-18-12-20(26-30-18)17-8-6-5-7-9-17/h5-9,12H,4,10-11,13-14H2,1-3H3,(H,24,25,29)/t23-/m1/s1. The molecule has 0 unspecified atom stereocenters. The number of thiazole rings is 1. The molecule has 4 rings (SSSR count). The lowest BCUT2D eigenvalue weighted by molar-refractivity contribution is -0.129. The minimum Gasteiger partial charge on any atom is -0.361 e.